The minimum atomic E-state index is -3.48. The predicted octanol–water partition coefficient (Wildman–Crippen LogP) is 0.394. The van der Waals surface area contributed by atoms with Gasteiger partial charge in [0, 0.05) is 70.3 Å². The summed E-state index contributed by atoms with van der Waals surface area (Å²) in [6, 6.07) is 9.57. The van der Waals surface area contributed by atoms with Gasteiger partial charge in [-0.25, -0.2) is 9.97 Å². The minimum absolute atomic E-state index is 0.175. The van der Waals surface area contributed by atoms with Gasteiger partial charge in [0.2, 0.25) is 0 Å². The summed E-state index contributed by atoms with van der Waals surface area (Å²) in [6.07, 6.45) is 3.07. The van der Waals surface area contributed by atoms with Crippen molar-refractivity contribution in [1.29, 1.82) is 0 Å². The molecule has 1 amide bonds. The van der Waals surface area contributed by atoms with Crippen molar-refractivity contribution in [2.75, 3.05) is 59.4 Å². The molecule has 1 aromatic heterocycles. The van der Waals surface area contributed by atoms with E-state index in [9.17, 15) is 13.2 Å². The molecule has 2 aliphatic heterocycles. The number of piperazine rings is 2. The van der Waals surface area contributed by atoms with E-state index in [1.54, 1.807) is 9.21 Å². The van der Waals surface area contributed by atoms with Crippen molar-refractivity contribution in [3.05, 3.63) is 48.3 Å². The zero-order valence-corrected chi connectivity index (χ0v) is 17.8. The van der Waals surface area contributed by atoms with Crippen LogP contribution in [0.1, 0.15) is 10.4 Å². The van der Waals surface area contributed by atoms with E-state index in [2.05, 4.69) is 14.9 Å². The van der Waals surface area contributed by atoms with Crippen LogP contribution in [0, 0.1) is 0 Å². The van der Waals surface area contributed by atoms with Crippen molar-refractivity contribution in [1.82, 2.24) is 28.4 Å². The largest absolute Gasteiger partial charge is 0.336 e. The summed E-state index contributed by atoms with van der Waals surface area (Å²) < 4.78 is 28.8. The third kappa shape index (κ3) is 4.36. The first-order valence-corrected chi connectivity index (χ1v) is 11.5. The first-order chi connectivity index (χ1) is 14.4. The average Bonchev–Trinajstić information content (AvgIpc) is 2.80. The number of hydrogen-bond acceptors (Lipinski definition) is 6. The molecule has 1 aromatic carbocycles. The Balaban J connectivity index is 1.36. The standard InChI is InChI=1S/C20H26N6O3S/c1-23-7-11-25(12-8-23)30(28,29)26-13-9-24(10-14-26)20(27)18-15-21-19(22-16-18)17-5-3-2-4-6-17/h2-6,15-16H,7-14H2,1H3. The van der Waals surface area contributed by atoms with Gasteiger partial charge in [0.05, 0.1) is 5.56 Å². The molecule has 3 heterocycles. The average molecular weight is 431 g/mol. The summed E-state index contributed by atoms with van der Waals surface area (Å²) in [5.74, 6) is 0.390. The van der Waals surface area contributed by atoms with E-state index >= 15 is 0 Å². The molecule has 4 rings (SSSR count). The fourth-order valence-corrected chi connectivity index (χ4v) is 5.24. The Hall–Kier alpha value is -2.40. The van der Waals surface area contributed by atoms with Crippen LogP contribution >= 0.6 is 0 Å². The zero-order chi connectivity index (χ0) is 21.1. The predicted molar refractivity (Wildman–Crippen MR) is 113 cm³/mol. The molecule has 0 unspecified atom stereocenters. The molecule has 0 radical (unpaired) electrons. The minimum Gasteiger partial charge on any atom is -0.336 e. The molecule has 30 heavy (non-hydrogen) atoms. The van der Waals surface area contributed by atoms with E-state index in [1.165, 1.54) is 16.7 Å². The van der Waals surface area contributed by atoms with Crippen LogP contribution in [0.5, 0.6) is 0 Å². The molecular weight excluding hydrogens is 404 g/mol. The van der Waals surface area contributed by atoms with Crippen molar-refractivity contribution >= 4 is 16.1 Å². The molecule has 9 nitrogen and oxygen atoms in total. The summed E-state index contributed by atoms with van der Waals surface area (Å²) >= 11 is 0. The molecule has 0 saturated carbocycles. The number of aromatic nitrogens is 2. The van der Waals surface area contributed by atoms with Gasteiger partial charge in [-0.2, -0.15) is 17.0 Å². The van der Waals surface area contributed by atoms with E-state index in [1.807, 2.05) is 37.4 Å². The van der Waals surface area contributed by atoms with Crippen LogP contribution in [0.3, 0.4) is 0 Å². The Morgan fingerprint density at radius 1 is 0.833 bits per heavy atom. The number of benzene rings is 1. The Morgan fingerprint density at radius 2 is 1.37 bits per heavy atom. The molecule has 160 valence electrons. The summed E-state index contributed by atoms with van der Waals surface area (Å²) in [5.41, 5.74) is 1.30. The van der Waals surface area contributed by atoms with Gasteiger partial charge in [-0.15, -0.1) is 0 Å². The third-order valence-corrected chi connectivity index (χ3v) is 7.61. The molecule has 0 atom stereocenters. The maximum absolute atomic E-state index is 12.9. The quantitative estimate of drug-likeness (QED) is 0.697. The first kappa shape index (κ1) is 20.9. The first-order valence-electron chi connectivity index (χ1n) is 10.1. The molecule has 0 spiro atoms. The summed E-state index contributed by atoms with van der Waals surface area (Å²) in [7, 11) is -1.49. The van der Waals surface area contributed by atoms with Gasteiger partial charge in [0.15, 0.2) is 5.82 Å². The Kier molecular flexibility index (Phi) is 6.09. The third-order valence-electron chi connectivity index (χ3n) is 5.57. The monoisotopic (exact) mass is 430 g/mol. The van der Waals surface area contributed by atoms with E-state index < -0.39 is 10.2 Å². The highest BCUT2D eigenvalue weighted by Crippen LogP contribution is 2.17. The number of likely N-dealkylation sites (N-methyl/N-ethyl adjacent to an activating group) is 1. The fourth-order valence-electron chi connectivity index (χ4n) is 3.66. The number of carbonyl (C=O) groups excluding carboxylic acids is 1. The van der Waals surface area contributed by atoms with Gasteiger partial charge >= 0.3 is 0 Å². The maximum Gasteiger partial charge on any atom is 0.282 e. The Bertz CT molecular complexity index is 967. The van der Waals surface area contributed by atoms with Crippen LogP contribution in [0.2, 0.25) is 0 Å². The zero-order valence-electron chi connectivity index (χ0n) is 17.0. The van der Waals surface area contributed by atoms with E-state index in [-0.39, 0.29) is 5.91 Å². The molecule has 0 aliphatic carbocycles. The summed E-state index contributed by atoms with van der Waals surface area (Å²) in [6.45, 7) is 3.77. The lowest BCUT2D eigenvalue weighted by Crippen LogP contribution is -2.57. The van der Waals surface area contributed by atoms with E-state index in [0.717, 1.165) is 18.7 Å². The maximum atomic E-state index is 12.9. The molecular formula is C20H26N6O3S. The number of rotatable bonds is 4. The summed E-state index contributed by atoms with van der Waals surface area (Å²) in [5, 5.41) is 0. The van der Waals surface area contributed by atoms with Gasteiger partial charge < -0.3 is 9.80 Å². The van der Waals surface area contributed by atoms with Crippen molar-refractivity contribution in [2.45, 2.75) is 0 Å². The van der Waals surface area contributed by atoms with E-state index in [4.69, 9.17) is 0 Å². The van der Waals surface area contributed by atoms with Gasteiger partial charge in [0.1, 0.15) is 0 Å². The van der Waals surface area contributed by atoms with Crippen LogP contribution in [-0.4, -0.2) is 102 Å². The fraction of sp³-hybridized carbons (Fsp3) is 0.450. The van der Waals surface area contributed by atoms with Crippen molar-refractivity contribution in [3.63, 3.8) is 0 Å². The lowest BCUT2D eigenvalue weighted by atomic mass is 10.2. The van der Waals surface area contributed by atoms with Gasteiger partial charge in [-0.3, -0.25) is 4.79 Å². The van der Waals surface area contributed by atoms with Gasteiger partial charge in [-0.1, -0.05) is 30.3 Å². The summed E-state index contributed by atoms with van der Waals surface area (Å²) in [4.78, 5) is 25.2. The van der Waals surface area contributed by atoms with Gasteiger partial charge in [-0.05, 0) is 7.05 Å². The number of hydrogen-bond donors (Lipinski definition) is 0. The molecule has 10 heteroatoms. The highest BCUT2D eigenvalue weighted by Gasteiger charge is 2.34. The smallest absolute Gasteiger partial charge is 0.282 e. The Labute approximate surface area is 177 Å². The number of nitrogens with zero attached hydrogens (tertiary/aromatic N) is 6. The van der Waals surface area contributed by atoms with Crippen LogP contribution < -0.4 is 0 Å². The molecule has 2 aromatic rings. The normalized spacial score (nSPS) is 19.7. The Morgan fingerprint density at radius 3 is 1.93 bits per heavy atom. The van der Waals surface area contributed by atoms with Gasteiger partial charge in [0.25, 0.3) is 16.1 Å². The molecule has 0 N–H and O–H groups in total. The number of amides is 1. The highest BCUT2D eigenvalue weighted by atomic mass is 32.2. The highest BCUT2D eigenvalue weighted by molar-refractivity contribution is 7.86. The lowest BCUT2D eigenvalue weighted by molar-refractivity contribution is 0.0691. The lowest BCUT2D eigenvalue weighted by Gasteiger charge is -2.39. The second-order valence-electron chi connectivity index (χ2n) is 7.56. The second kappa shape index (κ2) is 8.76. The van der Waals surface area contributed by atoms with Crippen molar-refractivity contribution in [2.24, 2.45) is 0 Å². The SMILES string of the molecule is CN1CCN(S(=O)(=O)N2CCN(C(=O)c3cnc(-c4ccccc4)nc3)CC2)CC1. The molecule has 2 fully saturated rings. The van der Waals surface area contributed by atoms with Crippen molar-refractivity contribution in [3.8, 4) is 11.4 Å². The van der Waals surface area contributed by atoms with Crippen LogP contribution in [0.4, 0.5) is 0 Å². The topological polar surface area (TPSA) is 90.0 Å². The number of carbonyl (C=O) groups is 1. The molecule has 0 bridgehead atoms. The van der Waals surface area contributed by atoms with Crippen LogP contribution in [0.15, 0.2) is 42.7 Å². The molecule has 2 saturated heterocycles. The van der Waals surface area contributed by atoms with Crippen LogP contribution in [0.25, 0.3) is 11.4 Å². The van der Waals surface area contributed by atoms with Crippen molar-refractivity contribution < 1.29 is 13.2 Å². The van der Waals surface area contributed by atoms with E-state index in [0.29, 0.717) is 50.7 Å². The molecule has 2 aliphatic rings. The second-order valence-corrected chi connectivity index (χ2v) is 9.49. The van der Waals surface area contributed by atoms with Crippen LogP contribution in [-0.2, 0) is 10.2 Å².